The van der Waals surface area contributed by atoms with E-state index >= 15 is 0 Å². The Kier molecular flexibility index (Phi) is 6.64. The first-order valence-corrected chi connectivity index (χ1v) is 11.0. The smallest absolute Gasteiger partial charge is 0.161 e. The molecule has 2 atom stereocenters. The van der Waals surface area contributed by atoms with Crippen LogP contribution in [-0.4, -0.2) is 34.8 Å². The predicted octanol–water partition coefficient (Wildman–Crippen LogP) is 4.84. The summed E-state index contributed by atoms with van der Waals surface area (Å²) < 4.78 is 11.3. The highest BCUT2D eigenvalue weighted by molar-refractivity contribution is 5.45. The highest BCUT2D eigenvalue weighted by atomic mass is 16.5. The monoisotopic (exact) mass is 420 g/mol. The molecule has 5 heteroatoms. The minimum absolute atomic E-state index is 0.0934. The molecule has 164 valence electrons. The third-order valence-electron chi connectivity index (χ3n) is 6.03. The maximum Gasteiger partial charge on any atom is 0.161 e. The Morgan fingerprint density at radius 2 is 1.97 bits per heavy atom. The summed E-state index contributed by atoms with van der Waals surface area (Å²) in [5, 5.41) is 10.3. The lowest BCUT2D eigenvalue weighted by molar-refractivity contribution is 0.110. The minimum atomic E-state index is -0.398. The first kappa shape index (κ1) is 21.5. The number of aromatic amines is 1. The van der Waals surface area contributed by atoms with Crippen LogP contribution in [0, 0.1) is 0 Å². The Labute approximate surface area is 184 Å². The molecule has 5 nitrogen and oxygen atoms in total. The first-order valence-electron chi connectivity index (χ1n) is 11.0. The summed E-state index contributed by atoms with van der Waals surface area (Å²) in [6.45, 7) is 6.17. The van der Waals surface area contributed by atoms with E-state index in [2.05, 4.69) is 46.3 Å². The number of ether oxygens (including phenoxy) is 2. The Balaban J connectivity index is 1.62. The summed E-state index contributed by atoms with van der Waals surface area (Å²) in [6.07, 6.45) is 3.15. The van der Waals surface area contributed by atoms with Crippen LogP contribution in [0.2, 0.25) is 0 Å². The van der Waals surface area contributed by atoms with Crippen LogP contribution < -0.4 is 9.47 Å². The molecule has 0 fully saturated rings. The van der Waals surface area contributed by atoms with Crippen LogP contribution in [0.1, 0.15) is 54.3 Å². The Morgan fingerprint density at radius 3 is 2.68 bits per heavy atom. The number of nitrogens with zero attached hydrogens (tertiary/aromatic N) is 1. The number of H-pyrrole nitrogens is 1. The number of nitrogens with one attached hydrogen (secondary N) is 1. The van der Waals surface area contributed by atoms with Crippen LogP contribution in [-0.2, 0) is 19.5 Å². The summed E-state index contributed by atoms with van der Waals surface area (Å²) in [4.78, 5) is 5.78. The summed E-state index contributed by atoms with van der Waals surface area (Å²) in [7, 11) is 1.66. The number of hydrogen-bond donors (Lipinski definition) is 2. The van der Waals surface area contributed by atoms with E-state index in [4.69, 9.17) is 9.47 Å². The Morgan fingerprint density at radius 1 is 1.10 bits per heavy atom. The summed E-state index contributed by atoms with van der Waals surface area (Å²) in [5.74, 6) is 1.49. The Bertz CT molecular complexity index is 998. The average molecular weight is 421 g/mol. The predicted molar refractivity (Wildman–Crippen MR) is 122 cm³/mol. The minimum Gasteiger partial charge on any atom is -0.493 e. The molecule has 0 bridgehead atoms. The number of fused-ring (bicyclic) bond motifs is 1. The third-order valence-corrected chi connectivity index (χ3v) is 6.03. The molecule has 1 unspecified atom stereocenters. The van der Waals surface area contributed by atoms with Gasteiger partial charge in [0.2, 0.25) is 0 Å². The van der Waals surface area contributed by atoms with Gasteiger partial charge in [-0.2, -0.15) is 0 Å². The van der Waals surface area contributed by atoms with Crippen molar-refractivity contribution in [2.75, 3.05) is 13.7 Å². The molecule has 0 amide bonds. The van der Waals surface area contributed by atoms with Crippen molar-refractivity contribution in [2.45, 2.75) is 51.9 Å². The van der Waals surface area contributed by atoms with Crippen molar-refractivity contribution < 1.29 is 14.6 Å². The number of aliphatic hydroxyl groups excluding tert-OH is 1. The highest BCUT2D eigenvalue weighted by Crippen LogP contribution is 2.39. The zero-order chi connectivity index (χ0) is 21.8. The van der Waals surface area contributed by atoms with E-state index in [1.54, 1.807) is 7.11 Å². The molecular formula is C26H32N2O3. The topological polar surface area (TPSA) is 57.7 Å². The fraction of sp³-hybridized carbons (Fsp3) is 0.385. The Hall–Kier alpha value is -2.76. The lowest BCUT2D eigenvalue weighted by Gasteiger charge is -2.29. The molecular weight excluding hydrogens is 388 g/mol. The van der Waals surface area contributed by atoms with Gasteiger partial charge in [0, 0.05) is 37.4 Å². The van der Waals surface area contributed by atoms with Crippen LogP contribution in [0.4, 0.5) is 0 Å². The zero-order valence-corrected chi connectivity index (χ0v) is 18.6. The van der Waals surface area contributed by atoms with Gasteiger partial charge < -0.3 is 19.6 Å². The fourth-order valence-electron chi connectivity index (χ4n) is 4.57. The first-order chi connectivity index (χ1) is 15.1. The summed E-state index contributed by atoms with van der Waals surface area (Å²) in [5.41, 5.74) is 6.51. The van der Waals surface area contributed by atoms with Gasteiger partial charge in [0.15, 0.2) is 11.5 Å². The fourth-order valence-corrected chi connectivity index (χ4v) is 4.57. The lowest BCUT2D eigenvalue weighted by atomic mass is 9.98. The molecule has 4 rings (SSSR count). The van der Waals surface area contributed by atoms with Gasteiger partial charge in [0.1, 0.15) is 0 Å². The molecule has 1 aliphatic heterocycles. The van der Waals surface area contributed by atoms with E-state index in [1.165, 1.54) is 22.4 Å². The van der Waals surface area contributed by atoms with Crippen molar-refractivity contribution in [3.63, 3.8) is 0 Å². The highest BCUT2D eigenvalue weighted by Gasteiger charge is 2.30. The van der Waals surface area contributed by atoms with Crippen LogP contribution in [0.15, 0.2) is 54.7 Å². The summed E-state index contributed by atoms with van der Waals surface area (Å²) in [6, 6.07) is 17.0. The van der Waals surface area contributed by atoms with Gasteiger partial charge >= 0.3 is 0 Å². The largest absolute Gasteiger partial charge is 0.493 e. The normalized spacial score (nSPS) is 15.5. The molecule has 0 saturated heterocycles. The molecule has 2 heterocycles. The van der Waals surface area contributed by atoms with Crippen molar-refractivity contribution in [1.29, 1.82) is 0 Å². The molecule has 2 N–H and O–H groups in total. The van der Waals surface area contributed by atoms with Crippen molar-refractivity contribution in [3.8, 4) is 11.5 Å². The second-order valence-electron chi connectivity index (χ2n) is 8.28. The van der Waals surface area contributed by atoms with Crippen molar-refractivity contribution in [1.82, 2.24) is 9.88 Å². The van der Waals surface area contributed by atoms with Gasteiger partial charge in [0.25, 0.3) is 0 Å². The van der Waals surface area contributed by atoms with E-state index in [0.717, 1.165) is 36.6 Å². The average Bonchev–Trinajstić information content (AvgIpc) is 3.42. The molecule has 0 spiro atoms. The number of aromatic nitrogens is 1. The SMILES string of the molecule is CCOc1cc([C@@H](CC(C)O)N2Cc3cccc(Cc4ccc[nH]4)c3C2)ccc1OC. The van der Waals surface area contributed by atoms with Gasteiger partial charge in [-0.15, -0.1) is 0 Å². The maximum atomic E-state index is 10.3. The number of benzene rings is 2. The van der Waals surface area contributed by atoms with Gasteiger partial charge in [-0.05, 0) is 66.8 Å². The quantitative estimate of drug-likeness (QED) is 0.520. The van der Waals surface area contributed by atoms with Crippen LogP contribution in [0.3, 0.4) is 0 Å². The zero-order valence-electron chi connectivity index (χ0n) is 18.6. The molecule has 3 aromatic rings. The summed E-state index contributed by atoms with van der Waals surface area (Å²) >= 11 is 0. The third kappa shape index (κ3) is 4.78. The van der Waals surface area contributed by atoms with Gasteiger partial charge in [0.05, 0.1) is 19.8 Å². The molecule has 0 aliphatic carbocycles. The molecule has 0 saturated carbocycles. The van der Waals surface area contributed by atoms with Gasteiger partial charge in [-0.1, -0.05) is 24.3 Å². The van der Waals surface area contributed by atoms with Crippen LogP contribution in [0.5, 0.6) is 11.5 Å². The van der Waals surface area contributed by atoms with E-state index in [9.17, 15) is 5.11 Å². The maximum absolute atomic E-state index is 10.3. The van der Waals surface area contributed by atoms with Crippen molar-refractivity contribution in [2.24, 2.45) is 0 Å². The van der Waals surface area contributed by atoms with Crippen LogP contribution in [0.25, 0.3) is 0 Å². The van der Waals surface area contributed by atoms with E-state index in [-0.39, 0.29) is 6.04 Å². The second kappa shape index (κ2) is 9.58. The number of hydrogen-bond acceptors (Lipinski definition) is 4. The standard InChI is InChI=1S/C26H32N2O3/c1-4-31-26-15-20(10-11-25(26)30-3)24(13-18(2)29)28-16-21-8-5-7-19(23(21)17-28)14-22-9-6-12-27-22/h5-12,15,18,24,27,29H,4,13-14,16-17H2,1-3H3/t18?,24-/m1/s1. The second-order valence-corrected chi connectivity index (χ2v) is 8.28. The van der Waals surface area contributed by atoms with E-state index < -0.39 is 6.10 Å². The van der Waals surface area contributed by atoms with Gasteiger partial charge in [-0.3, -0.25) is 4.90 Å². The van der Waals surface area contributed by atoms with E-state index in [0.29, 0.717) is 13.0 Å². The number of methoxy groups -OCH3 is 1. The van der Waals surface area contributed by atoms with Crippen molar-refractivity contribution >= 4 is 0 Å². The van der Waals surface area contributed by atoms with E-state index in [1.807, 2.05) is 32.2 Å². The lowest BCUT2D eigenvalue weighted by Crippen LogP contribution is -2.26. The molecule has 1 aliphatic rings. The molecule has 1 aromatic heterocycles. The molecule has 0 radical (unpaired) electrons. The van der Waals surface area contributed by atoms with Crippen molar-refractivity contribution in [3.05, 3.63) is 82.7 Å². The van der Waals surface area contributed by atoms with Crippen LogP contribution >= 0.6 is 0 Å². The number of rotatable bonds is 9. The van der Waals surface area contributed by atoms with Gasteiger partial charge in [-0.25, -0.2) is 0 Å². The molecule has 2 aromatic carbocycles. The number of aliphatic hydroxyl groups is 1. The molecule has 31 heavy (non-hydrogen) atoms.